The fraction of sp³-hybridized carbons (Fsp3) is 0.429. The predicted molar refractivity (Wildman–Crippen MR) is 75.6 cm³/mol. The van der Waals surface area contributed by atoms with Crippen molar-refractivity contribution in [3.63, 3.8) is 0 Å². The summed E-state index contributed by atoms with van der Waals surface area (Å²) in [6, 6.07) is 6.48. The van der Waals surface area contributed by atoms with Gasteiger partial charge in [0.05, 0.1) is 0 Å². The molecule has 0 heterocycles. The Hall–Kier alpha value is -0.600. The molecule has 0 aliphatic carbocycles. The molecule has 88 valence electrons. The zero-order chi connectivity index (χ0) is 12.1. The van der Waals surface area contributed by atoms with E-state index in [1.165, 1.54) is 21.2 Å². The first-order valence-electron chi connectivity index (χ1n) is 5.65. The SMILES string of the molecule is CNC/C(=C/c1ccc(C)c(Br)c1)C(C)C. The quantitative estimate of drug-likeness (QED) is 0.879. The highest BCUT2D eigenvalue weighted by Gasteiger charge is 2.03. The lowest BCUT2D eigenvalue weighted by molar-refractivity contribution is 0.713. The van der Waals surface area contributed by atoms with Gasteiger partial charge in [-0.2, -0.15) is 0 Å². The average molecular weight is 282 g/mol. The summed E-state index contributed by atoms with van der Waals surface area (Å²) >= 11 is 3.57. The molecule has 0 fully saturated rings. The fourth-order valence-corrected chi connectivity index (χ4v) is 1.94. The van der Waals surface area contributed by atoms with Crippen LogP contribution < -0.4 is 5.32 Å². The van der Waals surface area contributed by atoms with Gasteiger partial charge in [0.1, 0.15) is 0 Å². The molecule has 0 saturated carbocycles. The van der Waals surface area contributed by atoms with Crippen LogP contribution in [0.2, 0.25) is 0 Å². The number of benzene rings is 1. The number of nitrogens with one attached hydrogen (secondary N) is 1. The number of rotatable bonds is 4. The maximum atomic E-state index is 3.57. The average Bonchev–Trinajstić information content (AvgIpc) is 2.22. The number of aryl methyl sites for hydroxylation is 1. The Morgan fingerprint density at radius 3 is 2.62 bits per heavy atom. The zero-order valence-corrected chi connectivity index (χ0v) is 12.1. The van der Waals surface area contributed by atoms with Crippen molar-refractivity contribution in [2.45, 2.75) is 20.8 Å². The van der Waals surface area contributed by atoms with Crippen LogP contribution in [0, 0.1) is 12.8 Å². The Labute approximate surface area is 107 Å². The minimum Gasteiger partial charge on any atom is -0.316 e. The van der Waals surface area contributed by atoms with Crippen LogP contribution in [0.1, 0.15) is 25.0 Å². The second-order valence-corrected chi connectivity index (χ2v) is 5.27. The van der Waals surface area contributed by atoms with Crippen LogP contribution in [-0.4, -0.2) is 13.6 Å². The lowest BCUT2D eigenvalue weighted by Gasteiger charge is -2.11. The predicted octanol–water partition coefficient (Wildman–Crippen LogP) is 4.02. The third-order valence-corrected chi connectivity index (χ3v) is 3.52. The summed E-state index contributed by atoms with van der Waals surface area (Å²) in [5.41, 5.74) is 3.96. The topological polar surface area (TPSA) is 12.0 Å². The van der Waals surface area contributed by atoms with Crippen LogP contribution in [0.4, 0.5) is 0 Å². The molecule has 0 aliphatic heterocycles. The molecule has 16 heavy (non-hydrogen) atoms. The van der Waals surface area contributed by atoms with E-state index in [0.29, 0.717) is 5.92 Å². The minimum absolute atomic E-state index is 0.576. The number of hydrogen-bond acceptors (Lipinski definition) is 1. The lowest BCUT2D eigenvalue weighted by Crippen LogP contribution is -2.13. The highest BCUT2D eigenvalue weighted by atomic mass is 79.9. The van der Waals surface area contributed by atoms with Gasteiger partial charge >= 0.3 is 0 Å². The first-order chi connectivity index (χ1) is 7.54. The van der Waals surface area contributed by atoms with Crippen molar-refractivity contribution in [3.05, 3.63) is 39.4 Å². The van der Waals surface area contributed by atoms with Gasteiger partial charge in [-0.25, -0.2) is 0 Å². The molecule has 0 unspecified atom stereocenters. The van der Waals surface area contributed by atoms with E-state index in [1.807, 2.05) is 7.05 Å². The van der Waals surface area contributed by atoms with Gasteiger partial charge in [-0.15, -0.1) is 0 Å². The molecule has 1 rings (SSSR count). The molecule has 0 bridgehead atoms. The molecule has 0 spiro atoms. The summed E-state index contributed by atoms with van der Waals surface area (Å²) in [6.07, 6.45) is 2.27. The molecule has 1 N–H and O–H groups in total. The second kappa shape index (κ2) is 6.21. The van der Waals surface area contributed by atoms with E-state index in [9.17, 15) is 0 Å². The van der Waals surface area contributed by atoms with E-state index in [2.05, 4.69) is 66.3 Å². The number of hydrogen-bond donors (Lipinski definition) is 1. The van der Waals surface area contributed by atoms with Crippen molar-refractivity contribution in [1.82, 2.24) is 5.32 Å². The molecule has 1 aromatic carbocycles. The van der Waals surface area contributed by atoms with Gasteiger partial charge < -0.3 is 5.32 Å². The molecular formula is C14H20BrN. The van der Waals surface area contributed by atoms with Crippen LogP contribution in [0.3, 0.4) is 0 Å². The standard InChI is InChI=1S/C14H20BrN/c1-10(2)13(9-16-4)7-12-6-5-11(3)14(15)8-12/h5-8,10,16H,9H2,1-4H3/b13-7-. The van der Waals surface area contributed by atoms with E-state index in [-0.39, 0.29) is 0 Å². The molecule has 0 aliphatic rings. The molecule has 0 amide bonds. The Morgan fingerprint density at radius 1 is 1.44 bits per heavy atom. The van der Waals surface area contributed by atoms with Crippen molar-refractivity contribution in [2.75, 3.05) is 13.6 Å². The van der Waals surface area contributed by atoms with Gasteiger partial charge in [0, 0.05) is 11.0 Å². The summed E-state index contributed by atoms with van der Waals surface area (Å²) in [5.74, 6) is 0.576. The molecule has 0 radical (unpaired) electrons. The molecule has 1 aromatic rings. The zero-order valence-electron chi connectivity index (χ0n) is 10.5. The summed E-state index contributed by atoms with van der Waals surface area (Å²) in [5, 5.41) is 3.22. The summed E-state index contributed by atoms with van der Waals surface area (Å²) in [6.45, 7) is 7.51. The fourth-order valence-electron chi connectivity index (χ4n) is 1.54. The maximum absolute atomic E-state index is 3.57. The number of halogens is 1. The van der Waals surface area contributed by atoms with Crippen molar-refractivity contribution in [3.8, 4) is 0 Å². The van der Waals surface area contributed by atoms with Gasteiger partial charge in [-0.1, -0.05) is 53.6 Å². The van der Waals surface area contributed by atoms with Crippen LogP contribution in [0.15, 0.2) is 28.2 Å². The lowest BCUT2D eigenvalue weighted by atomic mass is 10.00. The van der Waals surface area contributed by atoms with Gasteiger partial charge in [-0.3, -0.25) is 0 Å². The van der Waals surface area contributed by atoms with Gasteiger partial charge in [0.15, 0.2) is 0 Å². The largest absolute Gasteiger partial charge is 0.316 e. The monoisotopic (exact) mass is 281 g/mol. The van der Waals surface area contributed by atoms with E-state index < -0.39 is 0 Å². The van der Waals surface area contributed by atoms with Crippen molar-refractivity contribution < 1.29 is 0 Å². The molecular weight excluding hydrogens is 262 g/mol. The van der Waals surface area contributed by atoms with Gasteiger partial charge in [0.25, 0.3) is 0 Å². The Morgan fingerprint density at radius 2 is 2.12 bits per heavy atom. The van der Waals surface area contributed by atoms with E-state index in [4.69, 9.17) is 0 Å². The third-order valence-electron chi connectivity index (χ3n) is 2.67. The highest BCUT2D eigenvalue weighted by Crippen LogP contribution is 2.20. The Balaban J connectivity index is 2.98. The summed E-state index contributed by atoms with van der Waals surface area (Å²) in [4.78, 5) is 0. The minimum atomic E-state index is 0.576. The summed E-state index contributed by atoms with van der Waals surface area (Å²) in [7, 11) is 1.99. The van der Waals surface area contributed by atoms with Crippen molar-refractivity contribution in [2.24, 2.45) is 5.92 Å². The van der Waals surface area contributed by atoms with E-state index in [0.717, 1.165) is 6.54 Å². The maximum Gasteiger partial charge on any atom is 0.0210 e. The van der Waals surface area contributed by atoms with Crippen LogP contribution in [-0.2, 0) is 0 Å². The summed E-state index contributed by atoms with van der Waals surface area (Å²) < 4.78 is 1.17. The first kappa shape index (κ1) is 13.5. The smallest absolute Gasteiger partial charge is 0.0210 e. The molecule has 0 atom stereocenters. The number of likely N-dealkylation sites (N-methyl/N-ethyl adjacent to an activating group) is 1. The van der Waals surface area contributed by atoms with E-state index >= 15 is 0 Å². The first-order valence-corrected chi connectivity index (χ1v) is 6.45. The van der Waals surface area contributed by atoms with Crippen LogP contribution >= 0.6 is 15.9 Å². The van der Waals surface area contributed by atoms with E-state index in [1.54, 1.807) is 0 Å². The molecule has 1 nitrogen and oxygen atoms in total. The third kappa shape index (κ3) is 3.76. The highest BCUT2D eigenvalue weighted by molar-refractivity contribution is 9.10. The Bertz CT molecular complexity index is 380. The van der Waals surface area contributed by atoms with Gasteiger partial charge in [-0.05, 0) is 37.1 Å². The van der Waals surface area contributed by atoms with Crippen LogP contribution in [0.5, 0.6) is 0 Å². The second-order valence-electron chi connectivity index (χ2n) is 4.41. The van der Waals surface area contributed by atoms with Crippen molar-refractivity contribution in [1.29, 1.82) is 0 Å². The Kier molecular flexibility index (Phi) is 5.23. The molecule has 0 saturated heterocycles. The van der Waals surface area contributed by atoms with Gasteiger partial charge in [0.2, 0.25) is 0 Å². The molecule has 0 aromatic heterocycles. The molecule has 2 heteroatoms. The van der Waals surface area contributed by atoms with Crippen molar-refractivity contribution >= 4 is 22.0 Å². The van der Waals surface area contributed by atoms with Crippen LogP contribution in [0.25, 0.3) is 6.08 Å². The normalized spacial score (nSPS) is 12.2.